The number of hydrogen-bond acceptors (Lipinski definition) is 2. The molecular weight excluding hydrogens is 226 g/mol. The predicted octanol–water partition coefficient (Wildman–Crippen LogP) is 2.32. The minimum Gasteiger partial charge on any atom is -0.396 e. The highest BCUT2D eigenvalue weighted by Crippen LogP contribution is 2.17. The molecule has 0 aliphatic heterocycles. The van der Waals surface area contributed by atoms with Crippen LogP contribution in [0.2, 0.25) is 0 Å². The first-order valence-electron chi connectivity index (χ1n) is 5.48. The number of amides is 1. The van der Waals surface area contributed by atoms with Crippen LogP contribution in [0, 0.1) is 17.6 Å². The molecule has 0 saturated carbocycles. The first-order chi connectivity index (χ1) is 7.95. The number of anilines is 1. The average molecular weight is 242 g/mol. The molecule has 0 aromatic heterocycles. The largest absolute Gasteiger partial charge is 0.396 e. The molecule has 5 heteroatoms. The number of halogens is 2. The fraction of sp³-hybridized carbons (Fsp3) is 0.417. The van der Waals surface area contributed by atoms with Crippen molar-refractivity contribution in [2.45, 2.75) is 20.3 Å². The van der Waals surface area contributed by atoms with Crippen LogP contribution in [0.4, 0.5) is 14.5 Å². The molecule has 1 aromatic carbocycles. The van der Waals surface area contributed by atoms with Crippen LogP contribution in [0.1, 0.15) is 30.6 Å². The SMILES string of the molecule is CCC(C)CNC(=O)c1cc(F)cc(N)c1F. The quantitative estimate of drug-likeness (QED) is 0.796. The van der Waals surface area contributed by atoms with Crippen molar-refractivity contribution in [3.8, 4) is 0 Å². The van der Waals surface area contributed by atoms with Crippen molar-refractivity contribution in [2.75, 3.05) is 12.3 Å². The third kappa shape index (κ3) is 3.41. The van der Waals surface area contributed by atoms with Gasteiger partial charge in [-0.15, -0.1) is 0 Å². The summed E-state index contributed by atoms with van der Waals surface area (Å²) in [5, 5.41) is 2.54. The van der Waals surface area contributed by atoms with Crippen molar-refractivity contribution in [1.29, 1.82) is 0 Å². The van der Waals surface area contributed by atoms with Crippen LogP contribution in [0.3, 0.4) is 0 Å². The molecule has 0 bridgehead atoms. The van der Waals surface area contributed by atoms with Gasteiger partial charge in [0, 0.05) is 6.54 Å². The van der Waals surface area contributed by atoms with Crippen LogP contribution in [0.5, 0.6) is 0 Å². The van der Waals surface area contributed by atoms with E-state index in [1.54, 1.807) is 0 Å². The maximum atomic E-state index is 13.5. The highest BCUT2D eigenvalue weighted by molar-refractivity contribution is 5.95. The number of benzene rings is 1. The molecule has 0 aliphatic carbocycles. The molecule has 3 N–H and O–H groups in total. The summed E-state index contributed by atoms with van der Waals surface area (Å²) >= 11 is 0. The summed E-state index contributed by atoms with van der Waals surface area (Å²) in [6.45, 7) is 4.36. The Kier molecular flexibility index (Phi) is 4.43. The molecule has 0 fully saturated rings. The van der Waals surface area contributed by atoms with Crippen LogP contribution in [0.15, 0.2) is 12.1 Å². The standard InChI is InChI=1S/C12H16F2N2O/c1-3-7(2)6-16-12(17)9-4-8(13)5-10(15)11(9)14/h4-5,7H,3,6,15H2,1-2H3,(H,16,17). The van der Waals surface area contributed by atoms with Crippen molar-refractivity contribution in [3.05, 3.63) is 29.3 Å². The van der Waals surface area contributed by atoms with Gasteiger partial charge < -0.3 is 11.1 Å². The van der Waals surface area contributed by atoms with Crippen molar-refractivity contribution in [2.24, 2.45) is 5.92 Å². The zero-order chi connectivity index (χ0) is 13.0. The first-order valence-corrected chi connectivity index (χ1v) is 5.48. The van der Waals surface area contributed by atoms with Gasteiger partial charge in [-0.2, -0.15) is 0 Å². The van der Waals surface area contributed by atoms with Crippen LogP contribution < -0.4 is 11.1 Å². The van der Waals surface area contributed by atoms with Gasteiger partial charge in [0.1, 0.15) is 5.82 Å². The van der Waals surface area contributed by atoms with Gasteiger partial charge in [0.25, 0.3) is 5.91 Å². The lowest BCUT2D eigenvalue weighted by Crippen LogP contribution is -2.29. The molecule has 1 aromatic rings. The smallest absolute Gasteiger partial charge is 0.254 e. The second-order valence-electron chi connectivity index (χ2n) is 4.08. The van der Waals surface area contributed by atoms with E-state index in [-0.39, 0.29) is 17.2 Å². The molecule has 1 amide bonds. The summed E-state index contributed by atoms with van der Waals surface area (Å²) in [7, 11) is 0. The third-order valence-corrected chi connectivity index (χ3v) is 2.62. The maximum absolute atomic E-state index is 13.5. The van der Waals surface area contributed by atoms with Crippen LogP contribution in [-0.4, -0.2) is 12.5 Å². The Balaban J connectivity index is 2.82. The summed E-state index contributed by atoms with van der Waals surface area (Å²) in [6, 6.07) is 1.69. The van der Waals surface area contributed by atoms with E-state index in [1.807, 2.05) is 13.8 Å². The van der Waals surface area contributed by atoms with Gasteiger partial charge in [-0.05, 0) is 18.1 Å². The van der Waals surface area contributed by atoms with Crippen molar-refractivity contribution in [3.63, 3.8) is 0 Å². The van der Waals surface area contributed by atoms with E-state index in [9.17, 15) is 13.6 Å². The Morgan fingerprint density at radius 1 is 1.47 bits per heavy atom. The maximum Gasteiger partial charge on any atom is 0.254 e. The minimum absolute atomic E-state index is 0.285. The van der Waals surface area contributed by atoms with Crippen molar-refractivity contribution in [1.82, 2.24) is 5.32 Å². The molecule has 1 unspecified atom stereocenters. The number of carbonyl (C=O) groups excluding carboxylic acids is 1. The van der Waals surface area contributed by atoms with E-state index in [2.05, 4.69) is 5.32 Å². The zero-order valence-corrected chi connectivity index (χ0v) is 9.89. The third-order valence-electron chi connectivity index (χ3n) is 2.62. The Hall–Kier alpha value is -1.65. The molecule has 0 heterocycles. The van der Waals surface area contributed by atoms with Gasteiger partial charge in [-0.25, -0.2) is 8.78 Å². The summed E-state index contributed by atoms with van der Waals surface area (Å²) in [6.07, 6.45) is 0.897. The predicted molar refractivity (Wildman–Crippen MR) is 62.6 cm³/mol. The van der Waals surface area contributed by atoms with E-state index in [0.717, 1.165) is 18.6 Å². The molecule has 0 aliphatic rings. The summed E-state index contributed by atoms with van der Waals surface area (Å²) in [5.41, 5.74) is 4.53. The van der Waals surface area contributed by atoms with Crippen LogP contribution >= 0.6 is 0 Å². The topological polar surface area (TPSA) is 55.1 Å². The van der Waals surface area contributed by atoms with E-state index in [4.69, 9.17) is 5.73 Å². The summed E-state index contributed by atoms with van der Waals surface area (Å²) in [4.78, 5) is 11.6. The van der Waals surface area contributed by atoms with Gasteiger partial charge in [0.15, 0.2) is 5.82 Å². The van der Waals surface area contributed by atoms with Crippen LogP contribution in [-0.2, 0) is 0 Å². The number of hydrogen-bond donors (Lipinski definition) is 2. The van der Waals surface area contributed by atoms with Gasteiger partial charge in [-0.1, -0.05) is 20.3 Å². The van der Waals surface area contributed by atoms with Gasteiger partial charge >= 0.3 is 0 Å². The Morgan fingerprint density at radius 3 is 2.71 bits per heavy atom. The van der Waals surface area contributed by atoms with E-state index in [1.165, 1.54) is 0 Å². The zero-order valence-electron chi connectivity index (χ0n) is 9.89. The monoisotopic (exact) mass is 242 g/mol. The van der Waals surface area contributed by atoms with Gasteiger partial charge in [0.05, 0.1) is 11.3 Å². The number of nitrogens with one attached hydrogen (secondary N) is 1. The lowest BCUT2D eigenvalue weighted by Gasteiger charge is -2.11. The summed E-state index contributed by atoms with van der Waals surface area (Å²) < 4.78 is 26.5. The lowest BCUT2D eigenvalue weighted by atomic mass is 10.1. The van der Waals surface area contributed by atoms with E-state index in [0.29, 0.717) is 6.54 Å². The van der Waals surface area contributed by atoms with Crippen molar-refractivity contribution < 1.29 is 13.6 Å². The average Bonchev–Trinajstić information content (AvgIpc) is 2.30. The van der Waals surface area contributed by atoms with Gasteiger partial charge in [-0.3, -0.25) is 4.79 Å². The first kappa shape index (κ1) is 13.4. The lowest BCUT2D eigenvalue weighted by molar-refractivity contribution is 0.0943. The van der Waals surface area contributed by atoms with Crippen molar-refractivity contribution >= 4 is 11.6 Å². The second-order valence-corrected chi connectivity index (χ2v) is 4.08. The highest BCUT2D eigenvalue weighted by atomic mass is 19.1. The molecule has 17 heavy (non-hydrogen) atoms. The molecule has 0 radical (unpaired) electrons. The number of carbonyl (C=O) groups is 1. The fourth-order valence-electron chi connectivity index (χ4n) is 1.28. The fourth-order valence-corrected chi connectivity index (χ4v) is 1.28. The minimum atomic E-state index is -0.881. The molecule has 1 atom stereocenters. The Morgan fingerprint density at radius 2 is 2.12 bits per heavy atom. The number of nitrogens with two attached hydrogens (primary N) is 1. The number of rotatable bonds is 4. The highest BCUT2D eigenvalue weighted by Gasteiger charge is 2.16. The van der Waals surface area contributed by atoms with E-state index >= 15 is 0 Å². The molecule has 3 nitrogen and oxygen atoms in total. The van der Waals surface area contributed by atoms with Crippen LogP contribution in [0.25, 0.3) is 0 Å². The normalized spacial score (nSPS) is 12.2. The molecule has 0 saturated heterocycles. The Labute approximate surface area is 99.0 Å². The Bertz CT molecular complexity index is 421. The van der Waals surface area contributed by atoms with E-state index < -0.39 is 17.5 Å². The molecule has 94 valence electrons. The van der Waals surface area contributed by atoms with Gasteiger partial charge in [0.2, 0.25) is 0 Å². The molecule has 1 rings (SSSR count). The molecular formula is C12H16F2N2O. The number of nitrogen functional groups attached to an aromatic ring is 1. The second kappa shape index (κ2) is 5.61. The summed E-state index contributed by atoms with van der Waals surface area (Å²) in [5.74, 6) is -1.97. The molecule has 0 spiro atoms.